The molecule has 0 atom stereocenters. The number of para-hydroxylation sites is 1. The number of carbonyl (C=O) groups is 3. The number of amides is 2. The first kappa shape index (κ1) is 22.0. The standard InChI is InChI=1S/C25H26N2O4/c28-23(26-20-13-4-3-5-14-20)17-6-1-2-7-18-24(29)27-31-25(30)22-16-10-12-19-11-8-9-15-21(19)22/h3-5,8-16H,1-2,6-7,17-18H2,(H,26,28)(H,27,29). The van der Waals surface area contributed by atoms with E-state index in [-0.39, 0.29) is 18.2 Å². The highest BCUT2D eigenvalue weighted by molar-refractivity contribution is 6.04. The van der Waals surface area contributed by atoms with Crippen molar-refractivity contribution in [2.45, 2.75) is 38.5 Å². The molecular formula is C25H26N2O4. The summed E-state index contributed by atoms with van der Waals surface area (Å²) in [6.07, 6.45) is 3.81. The van der Waals surface area contributed by atoms with Crippen molar-refractivity contribution in [1.29, 1.82) is 0 Å². The minimum atomic E-state index is -0.588. The van der Waals surface area contributed by atoms with Crippen molar-refractivity contribution in [2.24, 2.45) is 0 Å². The van der Waals surface area contributed by atoms with Gasteiger partial charge in [0.2, 0.25) is 5.91 Å². The van der Waals surface area contributed by atoms with Gasteiger partial charge in [0.25, 0.3) is 5.91 Å². The molecule has 6 nitrogen and oxygen atoms in total. The summed E-state index contributed by atoms with van der Waals surface area (Å²) in [6.45, 7) is 0. The molecule has 0 saturated heterocycles. The normalized spacial score (nSPS) is 10.5. The second kappa shape index (κ2) is 11.5. The Bertz CT molecular complexity index is 1030. The first-order valence-electron chi connectivity index (χ1n) is 10.5. The minimum Gasteiger partial charge on any atom is -0.335 e. The van der Waals surface area contributed by atoms with Gasteiger partial charge in [-0.05, 0) is 41.8 Å². The van der Waals surface area contributed by atoms with Crippen LogP contribution in [0.3, 0.4) is 0 Å². The molecule has 2 amide bonds. The second-order valence-electron chi connectivity index (χ2n) is 7.27. The number of carbonyl (C=O) groups excluding carboxylic acids is 3. The van der Waals surface area contributed by atoms with Crippen LogP contribution in [-0.2, 0) is 14.4 Å². The van der Waals surface area contributed by atoms with Gasteiger partial charge in [0, 0.05) is 18.5 Å². The molecule has 0 heterocycles. The zero-order chi connectivity index (χ0) is 21.9. The van der Waals surface area contributed by atoms with Crippen molar-refractivity contribution in [3.05, 3.63) is 78.4 Å². The van der Waals surface area contributed by atoms with Crippen LogP contribution in [0.1, 0.15) is 48.9 Å². The summed E-state index contributed by atoms with van der Waals surface area (Å²) < 4.78 is 0. The molecule has 0 aromatic heterocycles. The number of benzene rings is 3. The van der Waals surface area contributed by atoms with Crippen LogP contribution in [0.4, 0.5) is 5.69 Å². The summed E-state index contributed by atoms with van der Waals surface area (Å²) in [7, 11) is 0. The van der Waals surface area contributed by atoms with Gasteiger partial charge < -0.3 is 10.2 Å². The zero-order valence-electron chi connectivity index (χ0n) is 17.3. The van der Waals surface area contributed by atoms with Crippen LogP contribution >= 0.6 is 0 Å². The number of rotatable bonds is 9. The first-order valence-corrected chi connectivity index (χ1v) is 10.5. The fourth-order valence-corrected chi connectivity index (χ4v) is 3.28. The maximum Gasteiger partial charge on any atom is 0.363 e. The quantitative estimate of drug-likeness (QED) is 0.378. The topological polar surface area (TPSA) is 84.5 Å². The highest BCUT2D eigenvalue weighted by atomic mass is 16.7. The number of anilines is 1. The van der Waals surface area contributed by atoms with Gasteiger partial charge in [-0.1, -0.05) is 67.4 Å². The smallest absolute Gasteiger partial charge is 0.335 e. The van der Waals surface area contributed by atoms with Crippen LogP contribution in [0.5, 0.6) is 0 Å². The summed E-state index contributed by atoms with van der Waals surface area (Å²) >= 11 is 0. The Balaban J connectivity index is 1.29. The molecule has 0 aliphatic heterocycles. The van der Waals surface area contributed by atoms with E-state index >= 15 is 0 Å². The van der Waals surface area contributed by atoms with Gasteiger partial charge in [-0.15, -0.1) is 0 Å². The van der Waals surface area contributed by atoms with E-state index in [1.165, 1.54) is 0 Å². The highest BCUT2D eigenvalue weighted by Gasteiger charge is 2.13. The van der Waals surface area contributed by atoms with E-state index in [4.69, 9.17) is 4.84 Å². The number of fused-ring (bicyclic) bond motifs is 1. The third-order valence-corrected chi connectivity index (χ3v) is 4.88. The molecule has 0 radical (unpaired) electrons. The fourth-order valence-electron chi connectivity index (χ4n) is 3.28. The van der Waals surface area contributed by atoms with Crippen molar-refractivity contribution in [3.8, 4) is 0 Å². The summed E-state index contributed by atoms with van der Waals surface area (Å²) in [5.41, 5.74) is 3.43. The predicted molar refractivity (Wildman–Crippen MR) is 120 cm³/mol. The molecule has 0 aliphatic rings. The molecular weight excluding hydrogens is 392 g/mol. The Morgan fingerprint density at radius 2 is 1.32 bits per heavy atom. The van der Waals surface area contributed by atoms with Gasteiger partial charge in [0.05, 0.1) is 5.56 Å². The van der Waals surface area contributed by atoms with Gasteiger partial charge in [-0.2, -0.15) is 5.48 Å². The molecule has 0 unspecified atom stereocenters. The highest BCUT2D eigenvalue weighted by Crippen LogP contribution is 2.19. The molecule has 6 heteroatoms. The number of nitrogens with one attached hydrogen (secondary N) is 2. The zero-order valence-corrected chi connectivity index (χ0v) is 17.3. The summed E-state index contributed by atoms with van der Waals surface area (Å²) in [6, 6.07) is 22.2. The van der Waals surface area contributed by atoms with Crippen molar-refractivity contribution in [3.63, 3.8) is 0 Å². The molecule has 3 aromatic carbocycles. The van der Waals surface area contributed by atoms with E-state index in [0.29, 0.717) is 18.4 Å². The minimum absolute atomic E-state index is 0.00992. The Hall–Kier alpha value is -3.67. The molecule has 0 spiro atoms. The molecule has 0 saturated carbocycles. The van der Waals surface area contributed by atoms with Crippen LogP contribution in [0, 0.1) is 0 Å². The van der Waals surface area contributed by atoms with Gasteiger partial charge in [0.1, 0.15) is 0 Å². The van der Waals surface area contributed by atoms with Crippen LogP contribution in [0.2, 0.25) is 0 Å². The maximum atomic E-state index is 12.3. The van der Waals surface area contributed by atoms with Gasteiger partial charge in [-0.3, -0.25) is 9.59 Å². The van der Waals surface area contributed by atoms with Crippen molar-refractivity contribution < 1.29 is 19.2 Å². The average molecular weight is 418 g/mol. The van der Waals surface area contributed by atoms with Gasteiger partial charge in [0.15, 0.2) is 0 Å². The average Bonchev–Trinajstić information content (AvgIpc) is 2.80. The third-order valence-electron chi connectivity index (χ3n) is 4.88. The van der Waals surface area contributed by atoms with E-state index < -0.39 is 5.97 Å². The molecule has 3 rings (SSSR count). The van der Waals surface area contributed by atoms with Crippen LogP contribution in [0.25, 0.3) is 10.8 Å². The Morgan fingerprint density at radius 1 is 0.677 bits per heavy atom. The Labute approximate surface area is 181 Å². The maximum absolute atomic E-state index is 12.3. The van der Waals surface area contributed by atoms with Crippen LogP contribution in [0.15, 0.2) is 72.8 Å². The number of unbranched alkanes of at least 4 members (excludes halogenated alkanes) is 3. The van der Waals surface area contributed by atoms with Crippen LogP contribution in [-0.4, -0.2) is 17.8 Å². The fraction of sp³-hybridized carbons (Fsp3) is 0.240. The number of hydrogen-bond acceptors (Lipinski definition) is 4. The van der Waals surface area contributed by atoms with E-state index in [1.807, 2.05) is 60.7 Å². The van der Waals surface area contributed by atoms with Gasteiger partial charge in [-0.25, -0.2) is 4.79 Å². The summed E-state index contributed by atoms with van der Waals surface area (Å²) in [5, 5.41) is 4.56. The van der Waals surface area contributed by atoms with Crippen molar-refractivity contribution in [2.75, 3.05) is 5.32 Å². The van der Waals surface area contributed by atoms with E-state index in [9.17, 15) is 14.4 Å². The lowest BCUT2D eigenvalue weighted by molar-refractivity contribution is -0.130. The molecule has 160 valence electrons. The lowest BCUT2D eigenvalue weighted by Crippen LogP contribution is -2.26. The molecule has 2 N–H and O–H groups in total. The van der Waals surface area contributed by atoms with Crippen molar-refractivity contribution >= 4 is 34.2 Å². The van der Waals surface area contributed by atoms with E-state index in [1.54, 1.807) is 12.1 Å². The SMILES string of the molecule is O=C(CCCCCCC(=O)Nc1ccccc1)NOC(=O)c1cccc2ccccc12. The molecule has 31 heavy (non-hydrogen) atoms. The van der Waals surface area contributed by atoms with Gasteiger partial charge >= 0.3 is 5.97 Å². The number of hydroxylamine groups is 1. The third kappa shape index (κ3) is 6.96. The van der Waals surface area contributed by atoms with Crippen LogP contribution < -0.4 is 10.8 Å². The molecule has 3 aromatic rings. The molecule has 0 fully saturated rings. The monoisotopic (exact) mass is 418 g/mol. The molecule has 0 aliphatic carbocycles. The lowest BCUT2D eigenvalue weighted by atomic mass is 10.1. The van der Waals surface area contributed by atoms with Crippen molar-refractivity contribution in [1.82, 2.24) is 5.48 Å². The Morgan fingerprint density at radius 3 is 2.10 bits per heavy atom. The lowest BCUT2D eigenvalue weighted by Gasteiger charge is -2.08. The summed E-state index contributed by atoms with van der Waals surface area (Å²) in [4.78, 5) is 41.1. The Kier molecular flexibility index (Phi) is 8.17. The largest absolute Gasteiger partial charge is 0.363 e. The molecule has 0 bridgehead atoms. The first-order chi connectivity index (χ1) is 15.1. The number of hydrogen-bond donors (Lipinski definition) is 2. The van der Waals surface area contributed by atoms with E-state index in [0.717, 1.165) is 35.7 Å². The second-order valence-corrected chi connectivity index (χ2v) is 7.27. The predicted octanol–water partition coefficient (Wildman–Crippen LogP) is 5.01. The van der Waals surface area contributed by atoms with E-state index in [2.05, 4.69) is 10.8 Å². The summed E-state index contributed by atoms with van der Waals surface area (Å²) in [5.74, 6) is -0.936.